The first-order chi connectivity index (χ1) is 22.2. The van der Waals surface area contributed by atoms with E-state index in [2.05, 4.69) is 15.2 Å². The normalized spacial score (nSPS) is 18.4. The molecule has 4 atom stereocenters. The summed E-state index contributed by atoms with van der Waals surface area (Å²) < 4.78 is 22.9. The average Bonchev–Trinajstić information content (AvgIpc) is 3.47. The molecule has 1 saturated heterocycles. The fourth-order valence-electron chi connectivity index (χ4n) is 5.83. The third-order valence-electron chi connectivity index (χ3n) is 7.99. The minimum atomic E-state index is -1.36. The average molecular weight is 632 g/mol. The van der Waals surface area contributed by atoms with Crippen LogP contribution in [0.4, 0.5) is 0 Å². The highest BCUT2D eigenvalue weighted by atomic mass is 16.7. The van der Waals surface area contributed by atoms with Gasteiger partial charge in [-0.05, 0) is 41.0 Å². The van der Waals surface area contributed by atoms with Crippen LogP contribution in [0.3, 0.4) is 0 Å². The number of H-pyrrole nitrogens is 1. The van der Waals surface area contributed by atoms with Gasteiger partial charge in [0.15, 0.2) is 0 Å². The molecule has 5 rings (SSSR count). The molecule has 3 aromatic carbocycles. The minimum Gasteiger partial charge on any atom is -0.497 e. The first-order valence-corrected chi connectivity index (χ1v) is 14.3. The highest BCUT2D eigenvalue weighted by Gasteiger charge is 2.54. The molecule has 1 aromatic heterocycles. The second-order valence-corrected chi connectivity index (χ2v) is 10.5. The number of aromatic amines is 1. The van der Waals surface area contributed by atoms with E-state index in [1.165, 1.54) is 6.20 Å². The van der Waals surface area contributed by atoms with E-state index in [-0.39, 0.29) is 6.42 Å². The quantitative estimate of drug-likeness (QED) is 0.102. The minimum absolute atomic E-state index is 0.0719. The van der Waals surface area contributed by atoms with Crippen LogP contribution >= 0.6 is 0 Å². The lowest BCUT2D eigenvalue weighted by Gasteiger charge is -2.44. The van der Waals surface area contributed by atoms with Crippen molar-refractivity contribution in [3.63, 3.8) is 0 Å². The molecule has 13 heteroatoms. The zero-order valence-corrected chi connectivity index (χ0v) is 25.2. The lowest BCUT2D eigenvalue weighted by molar-refractivity contribution is -0.175. The number of aromatic nitrogens is 2. The number of nitrogens with zero attached hydrogens (tertiary/aromatic N) is 1. The van der Waals surface area contributed by atoms with Crippen LogP contribution in [0.1, 0.15) is 29.3 Å². The zero-order chi connectivity index (χ0) is 32.8. The number of aliphatic hydroxyl groups excluding tert-OH is 1. The van der Waals surface area contributed by atoms with Crippen molar-refractivity contribution >= 4 is 11.9 Å². The molecule has 1 aliphatic heterocycles. The van der Waals surface area contributed by atoms with Crippen LogP contribution in [0, 0.1) is 0 Å². The molecule has 1 fully saturated rings. The van der Waals surface area contributed by atoms with Crippen LogP contribution in [-0.2, 0) is 29.3 Å². The van der Waals surface area contributed by atoms with Gasteiger partial charge in [0.1, 0.15) is 29.9 Å². The number of rotatable bonds is 10. The summed E-state index contributed by atoms with van der Waals surface area (Å²) in [5.41, 5.74) is 1.46. The molecule has 46 heavy (non-hydrogen) atoms. The molecule has 2 heterocycles. The lowest BCUT2D eigenvalue weighted by Crippen LogP contribution is -2.55. The van der Waals surface area contributed by atoms with E-state index in [9.17, 15) is 24.3 Å². The topological polar surface area (TPSA) is 167 Å². The number of carbonyl (C=O) groups is 2. The maximum atomic E-state index is 12.7. The van der Waals surface area contributed by atoms with Crippen LogP contribution in [-0.4, -0.2) is 66.2 Å². The third kappa shape index (κ3) is 6.15. The Morgan fingerprint density at radius 2 is 1.46 bits per heavy atom. The summed E-state index contributed by atoms with van der Waals surface area (Å²) in [5, 5.41) is 11.6. The first kappa shape index (κ1) is 32.2. The Morgan fingerprint density at radius 3 is 1.98 bits per heavy atom. The highest BCUT2D eigenvalue weighted by molar-refractivity contribution is 6.32. The van der Waals surface area contributed by atoms with Crippen molar-refractivity contribution < 1.29 is 38.5 Å². The van der Waals surface area contributed by atoms with Gasteiger partial charge in [-0.25, -0.2) is 15.1 Å². The second kappa shape index (κ2) is 13.8. The monoisotopic (exact) mass is 631 g/mol. The summed E-state index contributed by atoms with van der Waals surface area (Å²) in [6, 6.07) is 24.7. The SMILES string of the molecule is COC(=O)C(=O)NOC([C@H]1O[C@@H](n2ccc(=O)[nH]c2=O)C[C@@H]1O)C(c1ccccc1)(c1ccc(OC)cc1)c1ccc(OC)cc1. The van der Waals surface area contributed by atoms with Crippen LogP contribution < -0.4 is 26.2 Å². The standard InChI is InChI=1S/C33H33N3O10/c1-42-23-13-9-21(10-14-23)33(20-7-5-4-6-8-20,22-11-15-24(43-2)16-12-22)29(46-35-30(39)31(40)44-3)28-25(37)19-27(45-28)36-18-17-26(38)34-32(36)41/h4-18,25,27-29,37H,19H2,1-3H3,(H,35,39)(H,34,38,41)/t25-,27+,28-,29?/m0/s1. The van der Waals surface area contributed by atoms with Crippen LogP contribution in [0.15, 0.2) is 101 Å². The number of benzene rings is 3. The molecule has 4 aromatic rings. The van der Waals surface area contributed by atoms with Crippen molar-refractivity contribution in [2.75, 3.05) is 21.3 Å². The largest absolute Gasteiger partial charge is 0.497 e. The Morgan fingerprint density at radius 1 is 0.891 bits per heavy atom. The number of aliphatic hydroxyl groups is 1. The first-order valence-electron chi connectivity index (χ1n) is 14.3. The number of hydroxylamine groups is 1. The van der Waals surface area contributed by atoms with Crippen LogP contribution in [0.2, 0.25) is 0 Å². The van der Waals surface area contributed by atoms with E-state index in [4.69, 9.17) is 19.0 Å². The van der Waals surface area contributed by atoms with E-state index in [1.807, 2.05) is 54.6 Å². The van der Waals surface area contributed by atoms with Gasteiger partial charge in [-0.2, -0.15) is 0 Å². The molecule has 0 bridgehead atoms. The van der Waals surface area contributed by atoms with Gasteiger partial charge in [0.25, 0.3) is 5.56 Å². The molecular weight excluding hydrogens is 598 g/mol. The van der Waals surface area contributed by atoms with Gasteiger partial charge in [0.2, 0.25) is 0 Å². The van der Waals surface area contributed by atoms with Crippen molar-refractivity contribution in [2.45, 2.75) is 36.4 Å². The molecule has 240 valence electrons. The Balaban J connectivity index is 1.76. The van der Waals surface area contributed by atoms with Crippen molar-refractivity contribution in [2.24, 2.45) is 0 Å². The number of amides is 1. The molecule has 13 nitrogen and oxygen atoms in total. The lowest BCUT2D eigenvalue weighted by atomic mass is 9.64. The van der Waals surface area contributed by atoms with Gasteiger partial charge in [-0.15, -0.1) is 0 Å². The van der Waals surface area contributed by atoms with Gasteiger partial charge in [0, 0.05) is 18.7 Å². The van der Waals surface area contributed by atoms with Crippen molar-refractivity contribution in [1.82, 2.24) is 15.0 Å². The van der Waals surface area contributed by atoms with Crippen molar-refractivity contribution in [3.05, 3.63) is 129 Å². The Bertz CT molecular complexity index is 1720. The molecule has 0 spiro atoms. The third-order valence-corrected chi connectivity index (χ3v) is 7.99. The molecule has 3 N–H and O–H groups in total. The van der Waals surface area contributed by atoms with Crippen molar-refractivity contribution in [3.8, 4) is 11.5 Å². The zero-order valence-electron chi connectivity index (χ0n) is 25.2. The summed E-state index contributed by atoms with van der Waals surface area (Å²) in [6.45, 7) is 0. The molecule has 0 aliphatic carbocycles. The van der Waals surface area contributed by atoms with E-state index in [0.717, 1.165) is 17.7 Å². The Kier molecular flexibility index (Phi) is 9.66. The molecule has 0 radical (unpaired) electrons. The predicted molar refractivity (Wildman–Crippen MR) is 163 cm³/mol. The van der Waals surface area contributed by atoms with Gasteiger partial charge < -0.3 is 24.1 Å². The van der Waals surface area contributed by atoms with E-state index < -0.39 is 53.1 Å². The molecule has 0 saturated carbocycles. The molecule has 1 aliphatic rings. The summed E-state index contributed by atoms with van der Waals surface area (Å²) in [6.07, 6.45) is -3.62. The number of carbonyl (C=O) groups excluding carboxylic acids is 2. The van der Waals surface area contributed by atoms with Gasteiger partial charge in [-0.3, -0.25) is 24.0 Å². The maximum Gasteiger partial charge on any atom is 0.398 e. The number of methoxy groups -OCH3 is 3. The van der Waals surface area contributed by atoms with E-state index in [0.29, 0.717) is 28.2 Å². The molecule has 1 amide bonds. The predicted octanol–water partition coefficient (Wildman–Crippen LogP) is 1.83. The van der Waals surface area contributed by atoms with Crippen molar-refractivity contribution in [1.29, 1.82) is 0 Å². The van der Waals surface area contributed by atoms with Crippen LogP contribution in [0.25, 0.3) is 0 Å². The van der Waals surface area contributed by atoms with Gasteiger partial charge >= 0.3 is 17.6 Å². The Labute approximate surface area is 263 Å². The second-order valence-electron chi connectivity index (χ2n) is 10.5. The maximum absolute atomic E-state index is 12.7. The fourth-order valence-corrected chi connectivity index (χ4v) is 5.83. The summed E-state index contributed by atoms with van der Waals surface area (Å²) in [7, 11) is 4.14. The van der Waals surface area contributed by atoms with Crippen LogP contribution in [0.5, 0.6) is 11.5 Å². The smallest absolute Gasteiger partial charge is 0.398 e. The summed E-state index contributed by atoms with van der Waals surface area (Å²) in [5.74, 6) is -1.25. The van der Waals surface area contributed by atoms with Gasteiger partial charge in [-0.1, -0.05) is 54.6 Å². The fraction of sp³-hybridized carbons (Fsp3) is 0.273. The van der Waals surface area contributed by atoms with E-state index in [1.54, 1.807) is 38.5 Å². The highest BCUT2D eigenvalue weighted by Crippen LogP contribution is 2.48. The molecular formula is C33H33N3O10. The Hall–Kier alpha value is -5.24. The number of esters is 1. The number of hydrogen-bond donors (Lipinski definition) is 3. The number of nitrogens with one attached hydrogen (secondary N) is 2. The summed E-state index contributed by atoms with van der Waals surface area (Å²) >= 11 is 0. The number of ether oxygens (including phenoxy) is 4. The van der Waals surface area contributed by atoms with Gasteiger partial charge in [0.05, 0.1) is 32.8 Å². The molecule has 1 unspecified atom stereocenters. The number of hydrogen-bond acceptors (Lipinski definition) is 10. The summed E-state index contributed by atoms with van der Waals surface area (Å²) in [4.78, 5) is 57.6. The van der Waals surface area contributed by atoms with E-state index >= 15 is 0 Å².